The summed E-state index contributed by atoms with van der Waals surface area (Å²) in [7, 11) is 0. The first-order valence-corrected chi connectivity index (χ1v) is 10.2. The first-order valence-electron chi connectivity index (χ1n) is 10.2. The lowest BCUT2D eigenvalue weighted by molar-refractivity contribution is -0.138. The van der Waals surface area contributed by atoms with Crippen LogP contribution in [0, 0.1) is 11.3 Å². The van der Waals surface area contributed by atoms with Crippen LogP contribution in [0.2, 0.25) is 0 Å². The van der Waals surface area contributed by atoms with Crippen molar-refractivity contribution in [3.8, 4) is 17.5 Å². The lowest BCUT2D eigenvalue weighted by Gasteiger charge is -2.11. The molecule has 4 aromatic rings. The number of fused-ring (bicyclic) bond motifs is 1. The summed E-state index contributed by atoms with van der Waals surface area (Å²) in [6.45, 7) is -0.0407. The highest BCUT2D eigenvalue weighted by Gasteiger charge is 2.38. The average molecular weight is 476 g/mol. The van der Waals surface area contributed by atoms with Crippen molar-refractivity contribution >= 4 is 10.9 Å². The second-order valence-corrected chi connectivity index (χ2v) is 8.05. The van der Waals surface area contributed by atoms with Gasteiger partial charge in [0.2, 0.25) is 0 Å². The monoisotopic (exact) mass is 476 g/mol. The largest absolute Gasteiger partial charge is 0.418 e. The minimum Gasteiger partial charge on any atom is -0.337 e. The number of halogens is 6. The summed E-state index contributed by atoms with van der Waals surface area (Å²) in [5.74, 6) is 0.0341. The molecular weight excluding hydrogens is 462 g/mol. The summed E-state index contributed by atoms with van der Waals surface area (Å²) in [5, 5.41) is 12.9. The Kier molecular flexibility index (Phi) is 4.93. The molecule has 0 atom stereocenters. The topological polar surface area (TPSA) is 67.6 Å². The number of rotatable bonds is 4. The van der Waals surface area contributed by atoms with Crippen molar-refractivity contribution in [3.63, 3.8) is 0 Å². The summed E-state index contributed by atoms with van der Waals surface area (Å²) in [4.78, 5) is 4.17. The molecule has 0 amide bonds. The number of hydrogen-bond acceptors (Lipinski definition) is 4. The molecule has 0 bridgehead atoms. The Hall–Kier alpha value is -3.81. The Bertz CT molecular complexity index is 1440. The smallest absolute Gasteiger partial charge is 0.337 e. The fourth-order valence-electron chi connectivity index (χ4n) is 4.05. The van der Waals surface area contributed by atoms with Crippen LogP contribution in [0.25, 0.3) is 22.4 Å². The van der Waals surface area contributed by atoms with Crippen LogP contribution in [0.5, 0.6) is 0 Å². The fraction of sp³-hybridized carbons (Fsp3) is 0.261. The van der Waals surface area contributed by atoms with Gasteiger partial charge < -0.3 is 9.09 Å². The molecule has 0 radical (unpaired) electrons. The van der Waals surface area contributed by atoms with Crippen LogP contribution < -0.4 is 0 Å². The van der Waals surface area contributed by atoms with Gasteiger partial charge >= 0.3 is 12.4 Å². The van der Waals surface area contributed by atoms with Gasteiger partial charge in [0.25, 0.3) is 5.89 Å². The molecule has 0 aliphatic heterocycles. The molecule has 11 heteroatoms. The standard InChI is InChI=1S/C23H14F6N4O/c24-22(25,26)15-3-1-2-13(8-15)21-31-19(32-34-21)11-33-17-7-6-14(10-30)20(23(27,28)29)16(17)9-18(33)12-4-5-12/h1-3,6-9,12H,4-5,11H2. The Morgan fingerprint density at radius 2 is 1.79 bits per heavy atom. The molecule has 5 nitrogen and oxygen atoms in total. The Morgan fingerprint density at radius 1 is 1.03 bits per heavy atom. The van der Waals surface area contributed by atoms with Crippen LogP contribution in [0.1, 0.15) is 47.0 Å². The van der Waals surface area contributed by atoms with E-state index in [1.54, 1.807) is 10.6 Å². The highest BCUT2D eigenvalue weighted by molar-refractivity contribution is 5.88. The molecule has 1 aliphatic rings. The molecule has 1 fully saturated rings. The predicted octanol–water partition coefficient (Wildman–Crippen LogP) is 6.53. The SMILES string of the molecule is N#Cc1ccc2c(cc(C3CC3)n2Cc2noc(-c3cccc(C(F)(F)F)c3)n2)c1C(F)(F)F. The molecule has 0 unspecified atom stereocenters. The van der Waals surface area contributed by atoms with Gasteiger partial charge in [0.05, 0.1) is 29.3 Å². The van der Waals surface area contributed by atoms with Gasteiger partial charge in [0, 0.05) is 22.2 Å². The number of nitriles is 1. The molecule has 5 rings (SSSR count). The van der Waals surface area contributed by atoms with Crippen molar-refractivity contribution in [2.45, 2.75) is 37.7 Å². The van der Waals surface area contributed by atoms with Crippen LogP contribution in [-0.4, -0.2) is 14.7 Å². The van der Waals surface area contributed by atoms with Gasteiger partial charge in [0.1, 0.15) is 0 Å². The van der Waals surface area contributed by atoms with Crippen molar-refractivity contribution in [2.24, 2.45) is 0 Å². The second kappa shape index (κ2) is 7.62. The van der Waals surface area contributed by atoms with Crippen LogP contribution >= 0.6 is 0 Å². The van der Waals surface area contributed by atoms with Crippen LogP contribution in [0.15, 0.2) is 47.0 Å². The molecule has 174 valence electrons. The maximum absolute atomic E-state index is 13.8. The lowest BCUT2D eigenvalue weighted by atomic mass is 10.0. The van der Waals surface area contributed by atoms with E-state index in [1.807, 2.05) is 0 Å². The molecule has 2 aromatic carbocycles. The lowest BCUT2D eigenvalue weighted by Crippen LogP contribution is -2.09. The molecule has 0 saturated heterocycles. The van der Waals surface area contributed by atoms with Crippen molar-refractivity contribution in [3.05, 3.63) is 70.7 Å². The first-order chi connectivity index (χ1) is 16.1. The summed E-state index contributed by atoms with van der Waals surface area (Å²) in [6.07, 6.45) is -7.64. The number of hydrogen-bond donors (Lipinski definition) is 0. The van der Waals surface area contributed by atoms with Gasteiger partial charge in [-0.05, 0) is 55.2 Å². The average Bonchev–Trinajstić information content (AvgIpc) is 3.41. The Balaban J connectivity index is 1.56. The van der Waals surface area contributed by atoms with E-state index in [0.29, 0.717) is 5.69 Å². The molecule has 0 spiro atoms. The van der Waals surface area contributed by atoms with Crippen molar-refractivity contribution in [1.82, 2.24) is 14.7 Å². The summed E-state index contributed by atoms with van der Waals surface area (Å²) in [6, 6.07) is 10.0. The number of aromatic nitrogens is 3. The van der Waals surface area contributed by atoms with Crippen LogP contribution in [0.3, 0.4) is 0 Å². The van der Waals surface area contributed by atoms with Gasteiger partial charge in [-0.25, -0.2) is 0 Å². The van der Waals surface area contributed by atoms with E-state index in [0.717, 1.165) is 31.0 Å². The Morgan fingerprint density at radius 3 is 2.44 bits per heavy atom. The molecule has 2 heterocycles. The molecule has 34 heavy (non-hydrogen) atoms. The van der Waals surface area contributed by atoms with Crippen LogP contribution in [0.4, 0.5) is 26.3 Å². The zero-order valence-electron chi connectivity index (χ0n) is 17.2. The zero-order valence-corrected chi connectivity index (χ0v) is 17.2. The molecule has 1 aliphatic carbocycles. The van der Waals surface area contributed by atoms with E-state index in [1.165, 1.54) is 24.3 Å². The van der Waals surface area contributed by atoms with E-state index in [-0.39, 0.29) is 40.6 Å². The van der Waals surface area contributed by atoms with Gasteiger partial charge in [-0.3, -0.25) is 0 Å². The minimum atomic E-state index is -4.72. The fourth-order valence-corrected chi connectivity index (χ4v) is 4.05. The zero-order chi connectivity index (χ0) is 24.3. The number of benzene rings is 2. The van der Waals surface area contributed by atoms with Crippen molar-refractivity contribution < 1.29 is 30.9 Å². The van der Waals surface area contributed by atoms with Gasteiger partial charge in [-0.2, -0.15) is 36.6 Å². The molecule has 0 N–H and O–H groups in total. The summed E-state index contributed by atoms with van der Waals surface area (Å²) in [5.41, 5.74) is -1.34. The first kappa shape index (κ1) is 22.0. The maximum Gasteiger partial charge on any atom is 0.418 e. The Labute approximate surface area is 188 Å². The van der Waals surface area contributed by atoms with E-state index < -0.39 is 29.0 Å². The van der Waals surface area contributed by atoms with Gasteiger partial charge in [-0.1, -0.05) is 11.2 Å². The normalized spacial score (nSPS) is 14.5. The molecule has 1 saturated carbocycles. The maximum atomic E-state index is 13.8. The minimum absolute atomic E-state index is 0.0407. The highest BCUT2D eigenvalue weighted by Crippen LogP contribution is 2.45. The summed E-state index contributed by atoms with van der Waals surface area (Å²) < 4.78 is 87.2. The van der Waals surface area contributed by atoms with Crippen molar-refractivity contribution in [2.75, 3.05) is 0 Å². The van der Waals surface area contributed by atoms with E-state index >= 15 is 0 Å². The van der Waals surface area contributed by atoms with Crippen molar-refractivity contribution in [1.29, 1.82) is 5.26 Å². The van der Waals surface area contributed by atoms with Gasteiger partial charge in [0.15, 0.2) is 5.82 Å². The van der Waals surface area contributed by atoms with Gasteiger partial charge in [-0.15, -0.1) is 0 Å². The number of alkyl halides is 6. The highest BCUT2D eigenvalue weighted by atomic mass is 19.4. The van der Waals surface area contributed by atoms with E-state index in [4.69, 9.17) is 4.52 Å². The quantitative estimate of drug-likeness (QED) is 0.314. The molecular formula is C23H14F6N4O. The van der Waals surface area contributed by atoms with E-state index in [2.05, 4.69) is 10.1 Å². The van der Waals surface area contributed by atoms with E-state index in [9.17, 15) is 31.6 Å². The number of nitrogens with zero attached hydrogens (tertiary/aromatic N) is 4. The van der Waals surface area contributed by atoms with Crippen LogP contribution in [-0.2, 0) is 18.9 Å². The molecule has 2 aromatic heterocycles. The summed E-state index contributed by atoms with van der Waals surface area (Å²) >= 11 is 0. The third kappa shape index (κ3) is 3.89. The predicted molar refractivity (Wildman–Crippen MR) is 107 cm³/mol. The second-order valence-electron chi connectivity index (χ2n) is 8.05. The third-order valence-corrected chi connectivity index (χ3v) is 5.72. The third-order valence-electron chi connectivity index (χ3n) is 5.72.